The van der Waals surface area contributed by atoms with Crippen LogP contribution in [-0.4, -0.2) is 94.1 Å². The molecule has 3 atom stereocenters. The number of methoxy groups -OCH3 is 1. The van der Waals surface area contributed by atoms with Crippen LogP contribution in [0.2, 0.25) is 0 Å². The molecule has 0 aromatic heterocycles. The van der Waals surface area contributed by atoms with Crippen molar-refractivity contribution in [2.24, 2.45) is 0 Å². The van der Waals surface area contributed by atoms with Crippen molar-refractivity contribution in [3.8, 4) is 17.2 Å². The van der Waals surface area contributed by atoms with Crippen LogP contribution in [0.1, 0.15) is 61.0 Å². The molecule has 3 aromatic carbocycles. The summed E-state index contributed by atoms with van der Waals surface area (Å²) in [5.74, 6) is -7.91. The van der Waals surface area contributed by atoms with Crippen LogP contribution in [0.25, 0.3) is 0 Å². The first-order valence-corrected chi connectivity index (χ1v) is 16.5. The highest BCUT2D eigenvalue weighted by Crippen LogP contribution is 2.29. The van der Waals surface area contributed by atoms with Crippen molar-refractivity contribution in [1.29, 1.82) is 0 Å². The molecule has 16 nitrogen and oxygen atoms in total. The van der Waals surface area contributed by atoms with Gasteiger partial charge in [0.2, 0.25) is 5.91 Å². The van der Waals surface area contributed by atoms with Crippen molar-refractivity contribution in [3.63, 3.8) is 0 Å². The summed E-state index contributed by atoms with van der Waals surface area (Å²) in [5, 5.41) is 47.1. The zero-order chi connectivity index (χ0) is 39.3. The molecule has 0 bridgehead atoms. The number of phenols is 2. The van der Waals surface area contributed by atoms with Gasteiger partial charge in [-0.1, -0.05) is 30.3 Å². The maximum absolute atomic E-state index is 13.3. The van der Waals surface area contributed by atoms with E-state index in [-0.39, 0.29) is 53.6 Å². The first kappa shape index (κ1) is 41.1. The van der Waals surface area contributed by atoms with Crippen LogP contribution in [0.15, 0.2) is 66.7 Å². The number of alkyl carbamates (subject to hydrolysis) is 1. The van der Waals surface area contributed by atoms with E-state index < -0.39 is 59.3 Å². The molecule has 0 spiro atoms. The summed E-state index contributed by atoms with van der Waals surface area (Å²) >= 11 is 0. The average molecular weight is 738 g/mol. The fourth-order valence-electron chi connectivity index (χ4n) is 5.09. The maximum atomic E-state index is 13.3. The van der Waals surface area contributed by atoms with Crippen LogP contribution in [0.5, 0.6) is 17.2 Å². The van der Waals surface area contributed by atoms with Crippen LogP contribution in [0, 0.1) is 0 Å². The van der Waals surface area contributed by atoms with Crippen molar-refractivity contribution < 1.29 is 63.4 Å². The van der Waals surface area contributed by atoms with Gasteiger partial charge in [-0.15, -0.1) is 0 Å². The van der Waals surface area contributed by atoms with E-state index in [1.54, 1.807) is 32.9 Å². The van der Waals surface area contributed by atoms with Gasteiger partial charge in [-0.3, -0.25) is 14.4 Å². The molecule has 53 heavy (non-hydrogen) atoms. The van der Waals surface area contributed by atoms with Gasteiger partial charge in [-0.05, 0) is 81.1 Å². The van der Waals surface area contributed by atoms with Crippen molar-refractivity contribution in [2.45, 2.75) is 63.6 Å². The predicted molar refractivity (Wildman–Crippen MR) is 189 cm³/mol. The van der Waals surface area contributed by atoms with Gasteiger partial charge >= 0.3 is 24.0 Å². The number of hydrogen-bond donors (Lipinski definition) is 7. The van der Waals surface area contributed by atoms with Gasteiger partial charge in [0.05, 0.1) is 13.7 Å². The summed E-state index contributed by atoms with van der Waals surface area (Å²) in [6.45, 7) is 5.36. The molecule has 0 aliphatic rings. The molecule has 284 valence electrons. The Morgan fingerprint density at radius 3 is 2.09 bits per heavy atom. The average Bonchev–Trinajstić information content (AvgIpc) is 3.09. The monoisotopic (exact) mass is 737 g/mol. The minimum absolute atomic E-state index is 0.00891. The molecule has 0 radical (unpaired) electrons. The third kappa shape index (κ3) is 12.4. The van der Waals surface area contributed by atoms with Crippen molar-refractivity contribution in [2.75, 3.05) is 25.6 Å². The number of ketones is 1. The van der Waals surface area contributed by atoms with E-state index in [1.165, 1.54) is 61.7 Å². The zero-order valence-corrected chi connectivity index (χ0v) is 29.6. The topological polar surface area (TPSA) is 247 Å². The quantitative estimate of drug-likeness (QED) is 0.0560. The Bertz CT molecular complexity index is 1770. The first-order valence-electron chi connectivity index (χ1n) is 16.5. The number of rotatable bonds is 18. The maximum Gasteiger partial charge on any atom is 0.408 e. The molecule has 0 saturated carbocycles. The largest absolute Gasteiger partial charge is 0.508 e. The van der Waals surface area contributed by atoms with Gasteiger partial charge in [-0.2, -0.15) is 0 Å². The summed E-state index contributed by atoms with van der Waals surface area (Å²) in [7, 11) is 1.18. The number of esters is 1. The number of benzene rings is 3. The van der Waals surface area contributed by atoms with Crippen molar-refractivity contribution in [3.05, 3.63) is 83.4 Å². The number of phenolic OH excluding ortho intramolecular Hbond substituents is 2. The lowest BCUT2D eigenvalue weighted by Crippen LogP contribution is -2.49. The Morgan fingerprint density at radius 2 is 1.51 bits per heavy atom. The van der Waals surface area contributed by atoms with Gasteiger partial charge in [0.25, 0.3) is 5.78 Å². The van der Waals surface area contributed by atoms with E-state index in [0.29, 0.717) is 18.4 Å². The number of aromatic hydroxyl groups is 2. The molecule has 3 rings (SSSR count). The number of hydrogen-bond acceptors (Lipinski definition) is 12. The Kier molecular flexibility index (Phi) is 14.6. The number of amides is 2. The van der Waals surface area contributed by atoms with Crippen LogP contribution < -0.4 is 20.7 Å². The summed E-state index contributed by atoms with van der Waals surface area (Å²) in [5.41, 5.74) is -0.124. The van der Waals surface area contributed by atoms with Gasteiger partial charge < -0.3 is 50.6 Å². The van der Waals surface area contributed by atoms with E-state index in [1.807, 2.05) is 0 Å². The fraction of sp³-hybridized carbons (Fsp3) is 0.351. The number of carboxylic acids is 2. The molecule has 16 heteroatoms. The summed E-state index contributed by atoms with van der Waals surface area (Å²) in [6, 6.07) is 12.6. The summed E-state index contributed by atoms with van der Waals surface area (Å²) in [6.07, 6.45) is 0.0666. The van der Waals surface area contributed by atoms with Crippen LogP contribution in [0.3, 0.4) is 0 Å². The van der Waals surface area contributed by atoms with Crippen molar-refractivity contribution in [1.82, 2.24) is 10.6 Å². The highest BCUT2D eigenvalue weighted by atomic mass is 16.6. The number of aliphatic carboxylic acids is 2. The molecule has 0 aliphatic heterocycles. The second-order valence-corrected chi connectivity index (χ2v) is 12.8. The number of carbonyl (C=O) groups is 6. The molecule has 3 aromatic rings. The number of nitrogens with one attached hydrogen (secondary N) is 3. The molecule has 2 amide bonds. The van der Waals surface area contributed by atoms with E-state index in [4.69, 9.17) is 14.2 Å². The van der Waals surface area contributed by atoms with Crippen LogP contribution >= 0.6 is 0 Å². The highest BCUT2D eigenvalue weighted by Gasteiger charge is 2.38. The number of anilines is 1. The van der Waals surface area contributed by atoms with E-state index in [0.717, 1.165) is 0 Å². The Hall–Kier alpha value is -6.32. The second kappa shape index (κ2) is 18.8. The standard InChI is InChI=1S/C37H43N3O13/c1-37(2,3)53-36(50)40-25(32(44)38-18-5-6-19-52-27-9-7-8-26(42)29(27)35(49)51-4)20-21-10-14-23(15-11-21)39-30(31(43)34(47)48)28(33(45)46)22-12-16-24(41)17-13-22/h7-17,25,28,30,39,41-42H,5-6,18-20H2,1-4H3,(H,38,44)(H,40,50)(H,45,46)(H,47,48)/t25-,28?,30?/m0/s1. The Labute approximate surface area is 305 Å². The van der Waals surface area contributed by atoms with E-state index in [2.05, 4.69) is 16.0 Å². The molecule has 0 fully saturated rings. The van der Waals surface area contributed by atoms with Gasteiger partial charge in [0, 0.05) is 18.7 Å². The highest BCUT2D eigenvalue weighted by molar-refractivity contribution is 6.36. The number of Topliss-reactive ketones (excluding diaryl/α,β-unsaturated/α-hetero) is 1. The minimum Gasteiger partial charge on any atom is -0.508 e. The third-order valence-corrected chi connectivity index (χ3v) is 7.59. The van der Waals surface area contributed by atoms with Crippen LogP contribution in [0.4, 0.5) is 10.5 Å². The molecule has 2 unspecified atom stereocenters. The minimum atomic E-state index is -1.84. The van der Waals surface area contributed by atoms with Gasteiger partial charge in [0.15, 0.2) is 0 Å². The SMILES string of the molecule is COC(=O)c1c(O)cccc1OCCCCNC(=O)[C@H](Cc1ccc(NC(C(=O)C(=O)O)C(C(=O)O)c2ccc(O)cc2)cc1)NC(=O)OC(C)(C)C. The van der Waals surface area contributed by atoms with E-state index in [9.17, 15) is 49.2 Å². The number of carbonyl (C=O) groups excluding carboxylic acids is 4. The Balaban J connectivity index is 1.69. The summed E-state index contributed by atoms with van der Waals surface area (Å²) in [4.78, 5) is 74.5. The van der Waals surface area contributed by atoms with Gasteiger partial charge in [0.1, 0.15) is 46.4 Å². The zero-order valence-electron chi connectivity index (χ0n) is 29.6. The summed E-state index contributed by atoms with van der Waals surface area (Å²) < 4.78 is 15.7. The molecular formula is C37H43N3O13. The first-order chi connectivity index (χ1) is 25.0. The Morgan fingerprint density at radius 1 is 0.849 bits per heavy atom. The number of ether oxygens (including phenoxy) is 3. The smallest absolute Gasteiger partial charge is 0.408 e. The molecule has 7 N–H and O–H groups in total. The predicted octanol–water partition coefficient (Wildman–Crippen LogP) is 3.60. The lowest BCUT2D eigenvalue weighted by molar-refractivity contribution is -0.151. The lowest BCUT2D eigenvalue weighted by Gasteiger charge is -2.25. The molecule has 0 aliphatic carbocycles. The fourth-order valence-corrected chi connectivity index (χ4v) is 5.09. The number of unbranched alkanes of at least 4 members (excludes halogenated alkanes) is 1. The molecule has 0 heterocycles. The van der Waals surface area contributed by atoms with Gasteiger partial charge in [-0.25, -0.2) is 14.4 Å². The van der Waals surface area contributed by atoms with Crippen molar-refractivity contribution >= 4 is 41.4 Å². The normalized spacial score (nSPS) is 12.7. The lowest BCUT2D eigenvalue weighted by atomic mass is 9.88. The second-order valence-electron chi connectivity index (χ2n) is 12.8. The van der Waals surface area contributed by atoms with Crippen LogP contribution in [-0.2, 0) is 35.1 Å². The van der Waals surface area contributed by atoms with E-state index >= 15 is 0 Å². The molecule has 0 saturated heterocycles. The molecular weight excluding hydrogens is 694 g/mol. The number of carboxylic acid groups (broad SMARTS) is 2. The third-order valence-electron chi connectivity index (χ3n) is 7.59.